The number of carbonyl (C=O) groups is 1. The van der Waals surface area contributed by atoms with Gasteiger partial charge in [-0.1, -0.05) is 12.1 Å². The zero-order valence-electron chi connectivity index (χ0n) is 11.9. The minimum Gasteiger partial charge on any atom is -0.322 e. The predicted molar refractivity (Wildman–Crippen MR) is 82.2 cm³/mol. The minimum absolute atomic E-state index is 0.195. The van der Waals surface area contributed by atoms with Gasteiger partial charge in [-0.2, -0.15) is 0 Å². The van der Waals surface area contributed by atoms with E-state index in [1.54, 1.807) is 0 Å². The molecule has 1 aromatic carbocycles. The van der Waals surface area contributed by atoms with Crippen molar-refractivity contribution in [2.45, 2.75) is 18.4 Å². The van der Waals surface area contributed by atoms with Crippen LogP contribution in [0.5, 0.6) is 0 Å². The summed E-state index contributed by atoms with van der Waals surface area (Å²) in [6.07, 6.45) is 0. The highest BCUT2D eigenvalue weighted by atomic mass is 32.2. The number of nitrogens with zero attached hydrogens (tertiary/aromatic N) is 2. The van der Waals surface area contributed by atoms with Gasteiger partial charge in [-0.25, -0.2) is 4.79 Å². The number of piperazine rings is 1. The molecule has 5 heteroatoms. The summed E-state index contributed by atoms with van der Waals surface area (Å²) >= 11 is 1.87. The number of fused-ring (bicyclic) bond motifs is 1. The summed E-state index contributed by atoms with van der Waals surface area (Å²) in [5.74, 6) is 0.980. The molecule has 0 radical (unpaired) electrons. The Hall–Kier alpha value is -1.20. The second-order valence-electron chi connectivity index (χ2n) is 5.40. The van der Waals surface area contributed by atoms with Crippen LogP contribution in [0.2, 0.25) is 0 Å². The van der Waals surface area contributed by atoms with E-state index in [9.17, 15) is 4.79 Å². The Labute approximate surface area is 124 Å². The number of hydrogen-bond acceptors (Lipinski definition) is 3. The SMILES string of the molecule is Cc1ccc2c(c1)SCCN(C(=O)N1CCNCC1)C2. The molecule has 0 bridgehead atoms. The van der Waals surface area contributed by atoms with Crippen LogP contribution in [0.1, 0.15) is 11.1 Å². The molecule has 108 valence electrons. The third-order valence-electron chi connectivity index (χ3n) is 3.86. The van der Waals surface area contributed by atoms with Crippen molar-refractivity contribution in [3.8, 4) is 0 Å². The van der Waals surface area contributed by atoms with Crippen LogP contribution in [0.4, 0.5) is 4.79 Å². The molecule has 3 rings (SSSR count). The van der Waals surface area contributed by atoms with Crippen LogP contribution in [0.3, 0.4) is 0 Å². The fraction of sp³-hybridized carbons (Fsp3) is 0.533. The second-order valence-corrected chi connectivity index (χ2v) is 6.54. The quantitative estimate of drug-likeness (QED) is 0.793. The van der Waals surface area contributed by atoms with Gasteiger partial charge in [0.25, 0.3) is 0 Å². The van der Waals surface area contributed by atoms with Crippen molar-refractivity contribution in [3.63, 3.8) is 0 Å². The first-order chi connectivity index (χ1) is 9.74. The molecule has 1 aromatic rings. The van der Waals surface area contributed by atoms with E-state index in [0.717, 1.165) is 45.0 Å². The van der Waals surface area contributed by atoms with Crippen molar-refractivity contribution in [1.29, 1.82) is 0 Å². The molecule has 0 aliphatic carbocycles. The van der Waals surface area contributed by atoms with Gasteiger partial charge in [0, 0.05) is 49.9 Å². The molecule has 0 saturated carbocycles. The number of amides is 2. The average molecular weight is 291 g/mol. The van der Waals surface area contributed by atoms with E-state index in [-0.39, 0.29) is 6.03 Å². The first-order valence-electron chi connectivity index (χ1n) is 7.21. The molecule has 1 saturated heterocycles. The van der Waals surface area contributed by atoms with Crippen LogP contribution in [-0.2, 0) is 6.54 Å². The fourth-order valence-electron chi connectivity index (χ4n) is 2.70. The van der Waals surface area contributed by atoms with E-state index in [2.05, 4.69) is 30.4 Å². The van der Waals surface area contributed by atoms with Crippen molar-refractivity contribution < 1.29 is 4.79 Å². The molecular weight excluding hydrogens is 270 g/mol. The van der Waals surface area contributed by atoms with E-state index in [1.807, 2.05) is 21.6 Å². The van der Waals surface area contributed by atoms with Gasteiger partial charge in [0.1, 0.15) is 0 Å². The van der Waals surface area contributed by atoms with E-state index in [1.165, 1.54) is 16.0 Å². The van der Waals surface area contributed by atoms with E-state index in [0.29, 0.717) is 0 Å². The molecule has 0 spiro atoms. The summed E-state index contributed by atoms with van der Waals surface area (Å²) in [5.41, 5.74) is 2.57. The first-order valence-corrected chi connectivity index (χ1v) is 8.19. The monoisotopic (exact) mass is 291 g/mol. The number of thioether (sulfide) groups is 1. The van der Waals surface area contributed by atoms with E-state index in [4.69, 9.17) is 0 Å². The Morgan fingerprint density at radius 2 is 2.00 bits per heavy atom. The van der Waals surface area contributed by atoms with Gasteiger partial charge in [0.2, 0.25) is 0 Å². The lowest BCUT2D eigenvalue weighted by Gasteiger charge is -2.32. The van der Waals surface area contributed by atoms with Gasteiger partial charge in [0.05, 0.1) is 0 Å². The molecular formula is C15H21N3OS. The zero-order chi connectivity index (χ0) is 13.9. The summed E-state index contributed by atoms with van der Waals surface area (Å²) < 4.78 is 0. The van der Waals surface area contributed by atoms with Gasteiger partial charge >= 0.3 is 6.03 Å². The smallest absolute Gasteiger partial charge is 0.320 e. The largest absolute Gasteiger partial charge is 0.322 e. The molecule has 1 fully saturated rings. The summed E-state index contributed by atoms with van der Waals surface area (Å²) in [7, 11) is 0. The van der Waals surface area contributed by atoms with Crippen LogP contribution in [0.15, 0.2) is 23.1 Å². The second kappa shape index (κ2) is 6.06. The van der Waals surface area contributed by atoms with Crippen molar-refractivity contribution in [1.82, 2.24) is 15.1 Å². The minimum atomic E-state index is 0.195. The highest BCUT2D eigenvalue weighted by Gasteiger charge is 2.24. The Morgan fingerprint density at radius 1 is 1.20 bits per heavy atom. The van der Waals surface area contributed by atoms with Gasteiger partial charge in [-0.3, -0.25) is 0 Å². The molecule has 0 unspecified atom stereocenters. The van der Waals surface area contributed by atoms with Gasteiger partial charge < -0.3 is 15.1 Å². The number of rotatable bonds is 0. The molecule has 2 aliphatic heterocycles. The van der Waals surface area contributed by atoms with Crippen LogP contribution in [0, 0.1) is 6.92 Å². The molecule has 2 amide bonds. The van der Waals surface area contributed by atoms with Crippen molar-refractivity contribution >= 4 is 17.8 Å². The number of benzene rings is 1. The van der Waals surface area contributed by atoms with Crippen LogP contribution in [0.25, 0.3) is 0 Å². The van der Waals surface area contributed by atoms with E-state index >= 15 is 0 Å². The number of aryl methyl sites for hydroxylation is 1. The van der Waals surface area contributed by atoms with E-state index < -0.39 is 0 Å². The molecule has 0 atom stereocenters. The predicted octanol–water partition coefficient (Wildman–Crippen LogP) is 1.93. The number of hydrogen-bond donors (Lipinski definition) is 1. The van der Waals surface area contributed by atoms with Gasteiger partial charge in [-0.15, -0.1) is 11.8 Å². The summed E-state index contributed by atoms with van der Waals surface area (Å²) in [5, 5.41) is 3.29. The molecule has 2 aliphatic rings. The normalized spacial score (nSPS) is 19.4. The highest BCUT2D eigenvalue weighted by Crippen LogP contribution is 2.28. The maximum Gasteiger partial charge on any atom is 0.320 e. The number of urea groups is 1. The van der Waals surface area contributed by atoms with Crippen LogP contribution >= 0.6 is 11.8 Å². The molecule has 1 N–H and O–H groups in total. The Balaban J connectivity index is 1.74. The topological polar surface area (TPSA) is 35.6 Å². The maximum absolute atomic E-state index is 12.6. The Kier molecular flexibility index (Phi) is 4.17. The lowest BCUT2D eigenvalue weighted by Crippen LogP contribution is -2.51. The maximum atomic E-state index is 12.6. The average Bonchev–Trinajstić information content (AvgIpc) is 2.69. The summed E-state index contributed by atoms with van der Waals surface area (Å²) in [4.78, 5) is 17.9. The van der Waals surface area contributed by atoms with Gasteiger partial charge in [0.15, 0.2) is 0 Å². The van der Waals surface area contributed by atoms with Crippen molar-refractivity contribution in [2.75, 3.05) is 38.5 Å². The molecule has 2 heterocycles. The lowest BCUT2D eigenvalue weighted by atomic mass is 10.1. The Morgan fingerprint density at radius 3 is 2.80 bits per heavy atom. The third kappa shape index (κ3) is 2.94. The fourth-order valence-corrected chi connectivity index (χ4v) is 3.82. The molecule has 0 aromatic heterocycles. The van der Waals surface area contributed by atoms with Crippen LogP contribution < -0.4 is 5.32 Å². The first kappa shape index (κ1) is 13.8. The van der Waals surface area contributed by atoms with Gasteiger partial charge in [-0.05, 0) is 24.1 Å². The lowest BCUT2D eigenvalue weighted by molar-refractivity contribution is 0.147. The number of carbonyl (C=O) groups excluding carboxylic acids is 1. The molecule has 4 nitrogen and oxygen atoms in total. The summed E-state index contributed by atoms with van der Waals surface area (Å²) in [6, 6.07) is 6.73. The Bertz CT molecular complexity index is 500. The van der Waals surface area contributed by atoms with Crippen molar-refractivity contribution in [3.05, 3.63) is 29.3 Å². The summed E-state index contributed by atoms with van der Waals surface area (Å²) in [6.45, 7) is 7.16. The highest BCUT2D eigenvalue weighted by molar-refractivity contribution is 7.99. The third-order valence-corrected chi connectivity index (χ3v) is 4.94. The van der Waals surface area contributed by atoms with Crippen LogP contribution in [-0.4, -0.2) is 54.3 Å². The number of nitrogens with one attached hydrogen (secondary N) is 1. The zero-order valence-corrected chi connectivity index (χ0v) is 12.7. The molecule has 20 heavy (non-hydrogen) atoms. The van der Waals surface area contributed by atoms with Crippen molar-refractivity contribution in [2.24, 2.45) is 0 Å². The standard InChI is InChI=1S/C15H21N3OS/c1-12-2-3-13-11-18(8-9-20-14(13)10-12)15(19)17-6-4-16-5-7-17/h2-3,10,16H,4-9,11H2,1H3.